The zero-order valence-electron chi connectivity index (χ0n) is 11.3. The van der Waals surface area contributed by atoms with Crippen LogP contribution in [-0.2, 0) is 6.42 Å². The Bertz CT molecular complexity index is 872. The molecule has 3 rings (SSSR count). The fourth-order valence-corrected chi connectivity index (χ4v) is 2.47. The largest absolute Gasteiger partial charge is 0.506 e. The second-order valence-electron chi connectivity index (χ2n) is 4.83. The van der Waals surface area contributed by atoms with Crippen LogP contribution in [0.1, 0.15) is 16.7 Å². The summed E-state index contributed by atoms with van der Waals surface area (Å²) < 4.78 is 5.29. The van der Waals surface area contributed by atoms with Gasteiger partial charge in [0, 0.05) is 35.8 Å². The monoisotopic (exact) mass is 301 g/mol. The van der Waals surface area contributed by atoms with E-state index in [2.05, 4.69) is 4.98 Å². The fourth-order valence-electron chi connectivity index (χ4n) is 2.31. The maximum absolute atomic E-state index is 12.2. The summed E-state index contributed by atoms with van der Waals surface area (Å²) in [6, 6.07) is 6.69. The van der Waals surface area contributed by atoms with Crippen LogP contribution >= 0.6 is 11.6 Å². The fraction of sp³-hybridized carbons (Fsp3) is 0.125. The summed E-state index contributed by atoms with van der Waals surface area (Å²) in [6.07, 6.45) is 3.84. The van der Waals surface area contributed by atoms with Crippen molar-refractivity contribution >= 4 is 22.6 Å². The molecule has 0 spiro atoms. The average Bonchev–Trinajstić information content (AvgIpc) is 2.47. The van der Waals surface area contributed by atoms with E-state index in [4.69, 9.17) is 16.0 Å². The highest BCUT2D eigenvalue weighted by atomic mass is 35.5. The van der Waals surface area contributed by atoms with Gasteiger partial charge in [0.15, 0.2) is 0 Å². The van der Waals surface area contributed by atoms with Crippen molar-refractivity contribution in [1.29, 1.82) is 0 Å². The molecule has 2 heterocycles. The van der Waals surface area contributed by atoms with Crippen molar-refractivity contribution in [1.82, 2.24) is 4.98 Å². The topological polar surface area (TPSA) is 63.3 Å². The van der Waals surface area contributed by atoms with Gasteiger partial charge in [-0.1, -0.05) is 17.7 Å². The number of phenols is 1. The van der Waals surface area contributed by atoms with Crippen LogP contribution in [0.25, 0.3) is 11.0 Å². The smallest absolute Gasteiger partial charge is 0.340 e. The molecule has 0 amide bonds. The number of benzene rings is 1. The van der Waals surface area contributed by atoms with Gasteiger partial charge in [0.05, 0.1) is 5.02 Å². The predicted molar refractivity (Wildman–Crippen MR) is 80.9 cm³/mol. The molecule has 1 N–H and O–H groups in total. The van der Waals surface area contributed by atoms with Crippen molar-refractivity contribution in [3.8, 4) is 5.75 Å². The SMILES string of the molecule is Cc1c(Cc2cccnc2)c(=O)oc2cc(O)c(Cl)cc12. The lowest BCUT2D eigenvalue weighted by molar-refractivity contribution is 0.473. The molecule has 2 aromatic heterocycles. The average molecular weight is 302 g/mol. The molecule has 5 heteroatoms. The summed E-state index contributed by atoms with van der Waals surface area (Å²) in [6.45, 7) is 1.85. The molecule has 0 bridgehead atoms. The molecule has 0 saturated carbocycles. The van der Waals surface area contributed by atoms with Crippen molar-refractivity contribution in [2.45, 2.75) is 13.3 Å². The molecule has 0 fully saturated rings. The molecule has 0 unspecified atom stereocenters. The van der Waals surface area contributed by atoms with E-state index in [9.17, 15) is 9.90 Å². The van der Waals surface area contributed by atoms with Crippen LogP contribution in [0.5, 0.6) is 5.75 Å². The Morgan fingerprint density at radius 3 is 2.90 bits per heavy atom. The number of hydrogen-bond donors (Lipinski definition) is 1. The molecule has 0 saturated heterocycles. The standard InChI is InChI=1S/C16H12ClNO3/c1-9-11-6-13(17)14(19)7-15(11)21-16(20)12(9)5-10-3-2-4-18-8-10/h2-4,6-8,19H,5H2,1H3. The first-order valence-corrected chi connectivity index (χ1v) is 6.78. The summed E-state index contributed by atoms with van der Waals surface area (Å²) in [7, 11) is 0. The number of aryl methyl sites for hydroxylation is 1. The number of rotatable bonds is 2. The summed E-state index contributed by atoms with van der Waals surface area (Å²) in [5.74, 6) is -0.105. The number of aromatic nitrogens is 1. The molecule has 3 aromatic rings. The molecule has 106 valence electrons. The van der Waals surface area contributed by atoms with Crippen LogP contribution < -0.4 is 5.63 Å². The van der Waals surface area contributed by atoms with E-state index in [-0.39, 0.29) is 10.8 Å². The normalized spacial score (nSPS) is 11.0. The number of fused-ring (bicyclic) bond motifs is 1. The summed E-state index contributed by atoms with van der Waals surface area (Å²) in [5, 5.41) is 10.5. The maximum Gasteiger partial charge on any atom is 0.340 e. The van der Waals surface area contributed by atoms with Crippen LogP contribution in [0.15, 0.2) is 45.9 Å². The minimum absolute atomic E-state index is 0.105. The molecule has 4 nitrogen and oxygen atoms in total. The highest BCUT2D eigenvalue weighted by molar-refractivity contribution is 6.32. The molecular formula is C16H12ClNO3. The Balaban J connectivity index is 2.20. The molecule has 0 radical (unpaired) electrons. The van der Waals surface area contributed by atoms with E-state index in [0.717, 1.165) is 16.5 Å². The molecule has 0 aliphatic carbocycles. The predicted octanol–water partition coefficient (Wildman–Crippen LogP) is 3.45. The van der Waals surface area contributed by atoms with E-state index in [1.165, 1.54) is 6.07 Å². The Hall–Kier alpha value is -2.33. The van der Waals surface area contributed by atoms with Gasteiger partial charge in [-0.05, 0) is 30.2 Å². The van der Waals surface area contributed by atoms with Gasteiger partial charge in [-0.2, -0.15) is 0 Å². The van der Waals surface area contributed by atoms with Gasteiger partial charge in [0.25, 0.3) is 0 Å². The van der Waals surface area contributed by atoms with Crippen molar-refractivity contribution in [2.24, 2.45) is 0 Å². The molecule has 21 heavy (non-hydrogen) atoms. The minimum Gasteiger partial charge on any atom is -0.506 e. The number of halogens is 1. The lowest BCUT2D eigenvalue weighted by atomic mass is 10.0. The Morgan fingerprint density at radius 2 is 2.19 bits per heavy atom. The Labute approximate surface area is 125 Å². The van der Waals surface area contributed by atoms with Crippen molar-refractivity contribution in [3.63, 3.8) is 0 Å². The quantitative estimate of drug-likeness (QED) is 0.736. The molecular weight excluding hydrogens is 290 g/mol. The van der Waals surface area contributed by atoms with Crippen LogP contribution in [0.3, 0.4) is 0 Å². The van der Waals surface area contributed by atoms with Crippen LogP contribution in [0.4, 0.5) is 0 Å². The maximum atomic E-state index is 12.2. The first kappa shape index (κ1) is 13.6. The number of nitrogens with zero attached hydrogens (tertiary/aromatic N) is 1. The van der Waals surface area contributed by atoms with Crippen LogP contribution in [0.2, 0.25) is 5.02 Å². The number of aromatic hydroxyl groups is 1. The molecule has 0 atom stereocenters. The second kappa shape index (κ2) is 5.22. The van der Waals surface area contributed by atoms with E-state index in [1.54, 1.807) is 18.5 Å². The van der Waals surface area contributed by atoms with Crippen molar-refractivity contribution in [3.05, 3.63) is 68.8 Å². The lowest BCUT2D eigenvalue weighted by Gasteiger charge is -2.08. The summed E-state index contributed by atoms with van der Waals surface area (Å²) in [5.41, 5.74) is 2.21. The third-order valence-corrected chi connectivity index (χ3v) is 3.76. The van der Waals surface area contributed by atoms with Gasteiger partial charge < -0.3 is 9.52 Å². The van der Waals surface area contributed by atoms with Gasteiger partial charge >= 0.3 is 5.63 Å². The highest BCUT2D eigenvalue weighted by Gasteiger charge is 2.14. The van der Waals surface area contributed by atoms with Gasteiger partial charge in [-0.25, -0.2) is 4.79 Å². The summed E-state index contributed by atoms with van der Waals surface area (Å²) >= 11 is 5.93. The van der Waals surface area contributed by atoms with E-state index < -0.39 is 5.63 Å². The highest BCUT2D eigenvalue weighted by Crippen LogP contribution is 2.31. The molecule has 1 aromatic carbocycles. The van der Waals surface area contributed by atoms with Gasteiger partial charge in [-0.15, -0.1) is 0 Å². The first-order valence-electron chi connectivity index (χ1n) is 6.40. The molecule has 0 aliphatic heterocycles. The number of pyridine rings is 1. The van der Waals surface area contributed by atoms with Crippen molar-refractivity contribution < 1.29 is 9.52 Å². The third kappa shape index (κ3) is 2.50. The summed E-state index contributed by atoms with van der Waals surface area (Å²) in [4.78, 5) is 16.2. The van der Waals surface area contributed by atoms with E-state index >= 15 is 0 Å². The van der Waals surface area contributed by atoms with Gasteiger partial charge in [0.1, 0.15) is 11.3 Å². The number of phenolic OH excluding ortho intramolecular Hbond substituents is 1. The first-order chi connectivity index (χ1) is 10.1. The van der Waals surface area contributed by atoms with Crippen LogP contribution in [-0.4, -0.2) is 10.1 Å². The zero-order valence-corrected chi connectivity index (χ0v) is 12.0. The Morgan fingerprint density at radius 1 is 1.38 bits per heavy atom. The zero-order chi connectivity index (χ0) is 15.0. The molecule has 0 aliphatic rings. The number of hydrogen-bond acceptors (Lipinski definition) is 4. The minimum atomic E-state index is -0.412. The lowest BCUT2D eigenvalue weighted by Crippen LogP contribution is -2.11. The second-order valence-corrected chi connectivity index (χ2v) is 5.24. The van der Waals surface area contributed by atoms with E-state index in [1.807, 2.05) is 19.1 Å². The Kier molecular flexibility index (Phi) is 3.39. The third-order valence-electron chi connectivity index (χ3n) is 3.46. The van der Waals surface area contributed by atoms with Crippen molar-refractivity contribution in [2.75, 3.05) is 0 Å². The van der Waals surface area contributed by atoms with Gasteiger partial charge in [0.2, 0.25) is 0 Å². The van der Waals surface area contributed by atoms with Gasteiger partial charge in [-0.3, -0.25) is 4.98 Å². The van der Waals surface area contributed by atoms with E-state index in [0.29, 0.717) is 17.6 Å². The van der Waals surface area contributed by atoms with Crippen LogP contribution in [0, 0.1) is 6.92 Å².